The van der Waals surface area contributed by atoms with Crippen molar-refractivity contribution in [3.63, 3.8) is 0 Å². The number of fused-ring (bicyclic) bond motifs is 1. The zero-order valence-corrected chi connectivity index (χ0v) is 10.6. The van der Waals surface area contributed by atoms with Crippen LogP contribution in [0.2, 0.25) is 0 Å². The first-order valence-electron chi connectivity index (χ1n) is 6.72. The standard InChI is InChI=1S/C15H17NO3/c17-13-11-7-4-8-15(11,19)14(18)16-12(13)9-10-5-2-1-3-6-10/h1-3,5-6,11-12,19H,4,7-9H2,(H,16,18). The summed E-state index contributed by atoms with van der Waals surface area (Å²) >= 11 is 0. The second-order valence-electron chi connectivity index (χ2n) is 5.49. The number of carbonyl (C=O) groups is 2. The second kappa shape index (κ2) is 4.46. The molecule has 3 rings (SSSR count). The second-order valence-corrected chi connectivity index (χ2v) is 5.49. The van der Waals surface area contributed by atoms with Crippen LogP contribution in [0.25, 0.3) is 0 Å². The number of amides is 1. The van der Waals surface area contributed by atoms with Crippen LogP contribution in [0.1, 0.15) is 24.8 Å². The van der Waals surface area contributed by atoms with Crippen molar-refractivity contribution >= 4 is 11.7 Å². The van der Waals surface area contributed by atoms with Crippen LogP contribution in [0.3, 0.4) is 0 Å². The molecule has 4 nitrogen and oxygen atoms in total. The van der Waals surface area contributed by atoms with Crippen molar-refractivity contribution in [2.24, 2.45) is 5.92 Å². The lowest BCUT2D eigenvalue weighted by Crippen LogP contribution is -2.63. The minimum Gasteiger partial charge on any atom is -0.379 e. The van der Waals surface area contributed by atoms with Crippen molar-refractivity contribution in [1.29, 1.82) is 0 Å². The zero-order valence-electron chi connectivity index (χ0n) is 10.6. The number of aliphatic hydroxyl groups is 1. The van der Waals surface area contributed by atoms with Gasteiger partial charge in [0.1, 0.15) is 0 Å². The molecule has 1 aromatic carbocycles. The van der Waals surface area contributed by atoms with E-state index in [9.17, 15) is 14.7 Å². The van der Waals surface area contributed by atoms with Gasteiger partial charge in [0.2, 0.25) is 0 Å². The van der Waals surface area contributed by atoms with Gasteiger partial charge in [-0.25, -0.2) is 0 Å². The molecule has 1 aromatic rings. The molecule has 19 heavy (non-hydrogen) atoms. The summed E-state index contributed by atoms with van der Waals surface area (Å²) < 4.78 is 0. The minimum absolute atomic E-state index is 0.0246. The third-order valence-corrected chi connectivity index (χ3v) is 4.30. The molecule has 4 heteroatoms. The highest BCUT2D eigenvalue weighted by molar-refractivity contribution is 6.02. The van der Waals surface area contributed by atoms with Crippen LogP contribution in [0.5, 0.6) is 0 Å². The number of hydrogen-bond acceptors (Lipinski definition) is 3. The van der Waals surface area contributed by atoms with Gasteiger partial charge in [-0.1, -0.05) is 30.3 Å². The van der Waals surface area contributed by atoms with E-state index < -0.39 is 17.6 Å². The molecule has 1 aliphatic carbocycles. The molecule has 1 saturated carbocycles. The molecule has 3 atom stereocenters. The predicted octanol–water partition coefficient (Wildman–Crippen LogP) is 0.828. The summed E-state index contributed by atoms with van der Waals surface area (Å²) in [6.45, 7) is 0. The lowest BCUT2D eigenvalue weighted by atomic mass is 9.78. The van der Waals surface area contributed by atoms with Gasteiger partial charge in [0.05, 0.1) is 12.0 Å². The Morgan fingerprint density at radius 1 is 1.26 bits per heavy atom. The Bertz CT molecular complexity index is 513. The van der Waals surface area contributed by atoms with Gasteiger partial charge in [-0.2, -0.15) is 0 Å². The van der Waals surface area contributed by atoms with Crippen molar-refractivity contribution in [3.05, 3.63) is 35.9 Å². The predicted molar refractivity (Wildman–Crippen MR) is 69.4 cm³/mol. The van der Waals surface area contributed by atoms with Gasteiger partial charge in [0.15, 0.2) is 11.4 Å². The average molecular weight is 259 g/mol. The highest BCUT2D eigenvalue weighted by atomic mass is 16.3. The number of rotatable bonds is 2. The molecule has 1 aliphatic heterocycles. The van der Waals surface area contributed by atoms with E-state index >= 15 is 0 Å². The number of piperidine rings is 1. The van der Waals surface area contributed by atoms with Crippen LogP contribution in [0, 0.1) is 5.92 Å². The van der Waals surface area contributed by atoms with Crippen LogP contribution in [0.15, 0.2) is 30.3 Å². The fourth-order valence-corrected chi connectivity index (χ4v) is 3.24. The summed E-state index contributed by atoms with van der Waals surface area (Å²) in [6, 6.07) is 9.12. The largest absolute Gasteiger partial charge is 0.379 e. The van der Waals surface area contributed by atoms with E-state index in [0.717, 1.165) is 12.0 Å². The molecule has 1 amide bonds. The Labute approximate surface area is 111 Å². The Kier molecular flexibility index (Phi) is 2.90. The normalized spacial score (nSPS) is 33.9. The van der Waals surface area contributed by atoms with E-state index in [-0.39, 0.29) is 11.7 Å². The molecule has 3 unspecified atom stereocenters. The van der Waals surface area contributed by atoms with Gasteiger partial charge in [-0.15, -0.1) is 0 Å². The number of nitrogens with one attached hydrogen (secondary N) is 1. The third-order valence-electron chi connectivity index (χ3n) is 4.30. The molecule has 2 N–H and O–H groups in total. The number of ketones is 1. The maximum Gasteiger partial charge on any atom is 0.253 e. The summed E-state index contributed by atoms with van der Waals surface area (Å²) in [5, 5.41) is 13.0. The van der Waals surface area contributed by atoms with Gasteiger partial charge in [0, 0.05) is 0 Å². The smallest absolute Gasteiger partial charge is 0.253 e. The maximum absolute atomic E-state index is 12.4. The fourth-order valence-electron chi connectivity index (χ4n) is 3.24. The van der Waals surface area contributed by atoms with Crippen LogP contribution in [-0.2, 0) is 16.0 Å². The number of benzene rings is 1. The summed E-state index contributed by atoms with van der Waals surface area (Å²) in [6.07, 6.45) is 2.25. The average Bonchev–Trinajstić information content (AvgIpc) is 2.81. The van der Waals surface area contributed by atoms with Gasteiger partial charge < -0.3 is 10.4 Å². The van der Waals surface area contributed by atoms with Gasteiger partial charge >= 0.3 is 0 Å². The molecule has 0 bridgehead atoms. The first-order chi connectivity index (χ1) is 9.11. The van der Waals surface area contributed by atoms with E-state index in [1.807, 2.05) is 30.3 Å². The Morgan fingerprint density at radius 2 is 2.00 bits per heavy atom. The first-order valence-corrected chi connectivity index (χ1v) is 6.72. The number of carbonyl (C=O) groups excluding carboxylic acids is 2. The molecule has 2 aliphatic rings. The SMILES string of the molecule is O=C1C(Cc2ccccc2)NC(=O)C2(O)CCCC12. The summed E-state index contributed by atoms with van der Waals surface area (Å²) in [5.74, 6) is -0.922. The van der Waals surface area contributed by atoms with Gasteiger partial charge in [-0.3, -0.25) is 9.59 Å². The Balaban J connectivity index is 1.81. The van der Waals surface area contributed by atoms with E-state index in [1.54, 1.807) is 0 Å². The molecule has 2 fully saturated rings. The van der Waals surface area contributed by atoms with Crippen LogP contribution < -0.4 is 5.32 Å². The quantitative estimate of drug-likeness (QED) is 0.826. The Hall–Kier alpha value is -1.68. The molecule has 0 radical (unpaired) electrons. The molecule has 1 saturated heterocycles. The summed E-state index contributed by atoms with van der Waals surface area (Å²) in [4.78, 5) is 24.4. The van der Waals surface area contributed by atoms with E-state index in [4.69, 9.17) is 0 Å². The molecular formula is C15H17NO3. The number of Topliss-reactive ketones (excluding diaryl/α,β-unsaturated/α-hetero) is 1. The topological polar surface area (TPSA) is 66.4 Å². The number of hydrogen-bond donors (Lipinski definition) is 2. The third kappa shape index (κ3) is 1.96. The van der Waals surface area contributed by atoms with Gasteiger partial charge in [0.25, 0.3) is 5.91 Å². The molecule has 100 valence electrons. The van der Waals surface area contributed by atoms with Crippen LogP contribution in [-0.4, -0.2) is 28.4 Å². The van der Waals surface area contributed by atoms with E-state index in [0.29, 0.717) is 19.3 Å². The lowest BCUT2D eigenvalue weighted by molar-refractivity contribution is -0.157. The molecule has 1 heterocycles. The van der Waals surface area contributed by atoms with Crippen molar-refractivity contribution in [1.82, 2.24) is 5.32 Å². The Morgan fingerprint density at radius 3 is 2.74 bits per heavy atom. The lowest BCUT2D eigenvalue weighted by Gasteiger charge is -2.37. The summed E-state index contributed by atoms with van der Waals surface area (Å²) in [7, 11) is 0. The van der Waals surface area contributed by atoms with E-state index in [2.05, 4.69) is 5.32 Å². The van der Waals surface area contributed by atoms with Crippen molar-refractivity contribution in [3.8, 4) is 0 Å². The van der Waals surface area contributed by atoms with Crippen molar-refractivity contribution in [2.45, 2.75) is 37.3 Å². The van der Waals surface area contributed by atoms with Gasteiger partial charge in [-0.05, 0) is 31.2 Å². The maximum atomic E-state index is 12.4. The monoisotopic (exact) mass is 259 g/mol. The minimum atomic E-state index is -1.45. The van der Waals surface area contributed by atoms with Crippen LogP contribution in [0.4, 0.5) is 0 Å². The highest BCUT2D eigenvalue weighted by Gasteiger charge is 2.55. The first kappa shape index (κ1) is 12.4. The van der Waals surface area contributed by atoms with Crippen molar-refractivity contribution < 1.29 is 14.7 Å². The molecule has 0 aromatic heterocycles. The van der Waals surface area contributed by atoms with E-state index in [1.165, 1.54) is 0 Å². The van der Waals surface area contributed by atoms with Crippen LogP contribution >= 0.6 is 0 Å². The van der Waals surface area contributed by atoms with Crippen molar-refractivity contribution in [2.75, 3.05) is 0 Å². The fraction of sp³-hybridized carbons (Fsp3) is 0.467. The summed E-state index contributed by atoms with van der Waals surface area (Å²) in [5.41, 5.74) is -0.436. The molecular weight excluding hydrogens is 242 g/mol. The highest BCUT2D eigenvalue weighted by Crippen LogP contribution is 2.39. The molecule has 0 spiro atoms. The zero-order chi connectivity index (χ0) is 13.5.